The lowest BCUT2D eigenvalue weighted by molar-refractivity contribution is -0.127. The summed E-state index contributed by atoms with van der Waals surface area (Å²) in [6, 6.07) is 8.44. The van der Waals surface area contributed by atoms with Crippen molar-refractivity contribution in [1.82, 2.24) is 9.88 Å². The minimum Gasteiger partial charge on any atom is -0.348 e. The monoisotopic (exact) mass is 341 g/mol. The van der Waals surface area contributed by atoms with Crippen LogP contribution in [0.1, 0.15) is 6.92 Å². The molecule has 1 heterocycles. The van der Waals surface area contributed by atoms with Crippen molar-refractivity contribution in [1.29, 1.82) is 0 Å². The topological polar surface area (TPSA) is 79.4 Å². The highest BCUT2D eigenvalue weighted by atomic mass is 35.5. The second-order valence-corrected chi connectivity index (χ2v) is 7.49. The van der Waals surface area contributed by atoms with Gasteiger partial charge in [-0.2, -0.15) is 0 Å². The normalized spacial score (nSPS) is 12.9. The number of hydrogen-bond donors (Lipinski definition) is 1. The molecule has 1 aromatic carbocycles. The van der Waals surface area contributed by atoms with Gasteiger partial charge in [0.2, 0.25) is 15.9 Å². The predicted molar refractivity (Wildman–Crippen MR) is 87.5 cm³/mol. The van der Waals surface area contributed by atoms with E-state index in [4.69, 9.17) is 11.6 Å². The molecule has 0 bridgehead atoms. The van der Waals surface area contributed by atoms with Crippen LogP contribution in [0.25, 0.3) is 10.9 Å². The van der Waals surface area contributed by atoms with Gasteiger partial charge in [0.15, 0.2) is 5.25 Å². The molecule has 0 fully saturated rings. The summed E-state index contributed by atoms with van der Waals surface area (Å²) < 4.78 is 26.8. The fourth-order valence-corrected chi connectivity index (χ4v) is 3.10. The van der Waals surface area contributed by atoms with E-state index in [0.29, 0.717) is 10.5 Å². The zero-order valence-corrected chi connectivity index (χ0v) is 13.9. The quantitative estimate of drug-likeness (QED) is 0.923. The minimum absolute atomic E-state index is 0.146. The van der Waals surface area contributed by atoms with E-state index in [-0.39, 0.29) is 5.82 Å². The molecule has 22 heavy (non-hydrogen) atoms. The van der Waals surface area contributed by atoms with Crippen LogP contribution in [0, 0.1) is 0 Å². The summed E-state index contributed by atoms with van der Waals surface area (Å²) in [6.45, 7) is 1.34. The van der Waals surface area contributed by atoms with Gasteiger partial charge in [0.25, 0.3) is 0 Å². The van der Waals surface area contributed by atoms with E-state index < -0.39 is 21.2 Å². The van der Waals surface area contributed by atoms with E-state index >= 15 is 0 Å². The molecule has 1 N–H and O–H groups in total. The second kappa shape index (κ2) is 6.10. The number of amides is 1. The number of anilines is 1. The molecule has 0 saturated heterocycles. The lowest BCUT2D eigenvalue weighted by Crippen LogP contribution is -2.39. The van der Waals surface area contributed by atoms with Gasteiger partial charge in [-0.05, 0) is 31.2 Å². The van der Waals surface area contributed by atoms with Crippen molar-refractivity contribution in [3.63, 3.8) is 0 Å². The molecule has 2 aromatic rings. The number of carbonyl (C=O) groups excluding carboxylic acids is 1. The van der Waals surface area contributed by atoms with Gasteiger partial charge in [0.05, 0.1) is 5.52 Å². The Morgan fingerprint density at radius 2 is 1.91 bits per heavy atom. The summed E-state index contributed by atoms with van der Waals surface area (Å²) in [7, 11) is -0.864. The number of pyridine rings is 1. The van der Waals surface area contributed by atoms with E-state index in [1.807, 2.05) is 0 Å². The molecule has 0 spiro atoms. The zero-order valence-electron chi connectivity index (χ0n) is 12.4. The highest BCUT2D eigenvalue weighted by molar-refractivity contribution is 7.94. The summed E-state index contributed by atoms with van der Waals surface area (Å²) in [6.07, 6.45) is 0. The molecule has 1 amide bonds. The maximum atomic E-state index is 12.2. The highest BCUT2D eigenvalue weighted by Gasteiger charge is 2.29. The summed E-state index contributed by atoms with van der Waals surface area (Å²) in [5, 5.41) is 0.139. The number of nitrogens with one attached hydrogen (secondary N) is 1. The molecule has 6 nitrogen and oxygen atoms in total. The Labute approximate surface area is 134 Å². The lowest BCUT2D eigenvalue weighted by atomic mass is 10.2. The minimum atomic E-state index is -3.87. The molecule has 0 aliphatic rings. The first-order valence-corrected chi connectivity index (χ1v) is 8.42. The number of sulfonamides is 1. The van der Waals surface area contributed by atoms with Crippen molar-refractivity contribution in [2.24, 2.45) is 0 Å². The number of halogens is 1. The lowest BCUT2D eigenvalue weighted by Gasteiger charge is -2.18. The van der Waals surface area contributed by atoms with Crippen LogP contribution in [0.3, 0.4) is 0 Å². The Balaban J connectivity index is 2.31. The molecular formula is C14H16ClN3O3S. The van der Waals surface area contributed by atoms with Crippen LogP contribution >= 0.6 is 11.6 Å². The van der Waals surface area contributed by atoms with E-state index in [9.17, 15) is 13.2 Å². The van der Waals surface area contributed by atoms with Gasteiger partial charge in [0.1, 0.15) is 5.82 Å². The van der Waals surface area contributed by atoms with Crippen molar-refractivity contribution in [2.75, 3.05) is 18.8 Å². The number of benzene rings is 1. The summed E-state index contributed by atoms with van der Waals surface area (Å²) >= 11 is 5.90. The molecule has 0 aliphatic heterocycles. The van der Waals surface area contributed by atoms with Gasteiger partial charge < -0.3 is 4.90 Å². The zero-order chi connectivity index (χ0) is 16.5. The third-order valence-corrected chi connectivity index (χ3v) is 5.02. The SMILES string of the molecule is CC(C(=O)N(C)C)S(=O)(=O)Nc1ccc2ccc(Cl)cc2n1. The van der Waals surface area contributed by atoms with Crippen molar-refractivity contribution in [3.8, 4) is 0 Å². The molecule has 0 saturated carbocycles. The van der Waals surface area contributed by atoms with Crippen LogP contribution in [0.2, 0.25) is 5.02 Å². The Morgan fingerprint density at radius 1 is 1.27 bits per heavy atom. The fraction of sp³-hybridized carbons (Fsp3) is 0.286. The molecule has 8 heteroatoms. The average molecular weight is 342 g/mol. The smallest absolute Gasteiger partial charge is 0.245 e. The van der Waals surface area contributed by atoms with Gasteiger partial charge in [-0.15, -0.1) is 0 Å². The molecule has 1 aromatic heterocycles. The van der Waals surface area contributed by atoms with Crippen LogP contribution in [0.15, 0.2) is 30.3 Å². The van der Waals surface area contributed by atoms with Gasteiger partial charge in [0, 0.05) is 24.5 Å². The summed E-state index contributed by atoms with van der Waals surface area (Å²) in [5.41, 5.74) is 0.569. The van der Waals surface area contributed by atoms with E-state index in [0.717, 1.165) is 5.39 Å². The maximum Gasteiger partial charge on any atom is 0.245 e. The Morgan fingerprint density at radius 3 is 2.55 bits per heavy atom. The van der Waals surface area contributed by atoms with Crippen molar-refractivity contribution in [3.05, 3.63) is 35.4 Å². The first-order valence-electron chi connectivity index (χ1n) is 6.50. The van der Waals surface area contributed by atoms with Crippen LogP contribution in [0.4, 0.5) is 5.82 Å². The number of rotatable bonds is 4. The number of aromatic nitrogens is 1. The van der Waals surface area contributed by atoms with Crippen molar-refractivity contribution in [2.45, 2.75) is 12.2 Å². The van der Waals surface area contributed by atoms with E-state index in [1.54, 1.807) is 30.3 Å². The molecule has 0 radical (unpaired) electrons. The summed E-state index contributed by atoms with van der Waals surface area (Å²) in [4.78, 5) is 17.2. The number of fused-ring (bicyclic) bond motifs is 1. The van der Waals surface area contributed by atoms with Crippen LogP contribution in [-0.2, 0) is 14.8 Å². The van der Waals surface area contributed by atoms with Crippen molar-refractivity contribution >= 4 is 44.3 Å². The molecule has 1 atom stereocenters. The maximum absolute atomic E-state index is 12.2. The van der Waals surface area contributed by atoms with Gasteiger partial charge >= 0.3 is 0 Å². The average Bonchev–Trinajstić information content (AvgIpc) is 2.44. The first kappa shape index (κ1) is 16.5. The Hall–Kier alpha value is -1.86. The van der Waals surface area contributed by atoms with E-state index in [1.165, 1.54) is 25.9 Å². The van der Waals surface area contributed by atoms with Crippen LogP contribution in [-0.4, -0.2) is 43.6 Å². The van der Waals surface area contributed by atoms with Crippen LogP contribution < -0.4 is 4.72 Å². The Kier molecular flexibility index (Phi) is 4.58. The summed E-state index contributed by atoms with van der Waals surface area (Å²) in [5.74, 6) is -0.357. The fourth-order valence-electron chi connectivity index (χ4n) is 1.88. The standard InChI is InChI=1S/C14H16ClN3O3S/c1-9(14(19)18(2)3)22(20,21)17-13-7-5-10-4-6-11(15)8-12(10)16-13/h4-9H,1-3H3,(H,16,17). The number of carbonyl (C=O) groups is 1. The largest absolute Gasteiger partial charge is 0.348 e. The van der Waals surface area contributed by atoms with E-state index in [2.05, 4.69) is 9.71 Å². The molecule has 2 rings (SSSR count). The van der Waals surface area contributed by atoms with Gasteiger partial charge in [-0.1, -0.05) is 17.7 Å². The van der Waals surface area contributed by atoms with Gasteiger partial charge in [-0.25, -0.2) is 13.4 Å². The number of hydrogen-bond acceptors (Lipinski definition) is 4. The molecule has 1 unspecified atom stereocenters. The predicted octanol–water partition coefficient (Wildman–Crippen LogP) is 2.11. The molecular weight excluding hydrogens is 326 g/mol. The molecule has 0 aliphatic carbocycles. The van der Waals surface area contributed by atoms with Crippen LogP contribution in [0.5, 0.6) is 0 Å². The molecule has 118 valence electrons. The second-order valence-electron chi connectivity index (χ2n) is 5.06. The van der Waals surface area contributed by atoms with Gasteiger partial charge in [-0.3, -0.25) is 9.52 Å². The number of nitrogens with zero attached hydrogens (tertiary/aromatic N) is 2. The third kappa shape index (κ3) is 3.48. The Bertz CT molecular complexity index is 821. The highest BCUT2D eigenvalue weighted by Crippen LogP contribution is 2.20. The van der Waals surface area contributed by atoms with Crippen molar-refractivity contribution < 1.29 is 13.2 Å². The first-order chi connectivity index (χ1) is 10.2. The third-order valence-electron chi connectivity index (χ3n) is 3.15.